The molecule has 0 aromatic heterocycles. The first-order chi connectivity index (χ1) is 10.5. The van der Waals surface area contributed by atoms with Crippen molar-refractivity contribution in [1.82, 2.24) is 0 Å². The molecule has 2 aromatic carbocycles. The zero-order valence-electron chi connectivity index (χ0n) is 11.5. The summed E-state index contributed by atoms with van der Waals surface area (Å²) >= 11 is 0. The summed E-state index contributed by atoms with van der Waals surface area (Å²) in [5.41, 5.74) is 1.47. The van der Waals surface area contributed by atoms with Crippen molar-refractivity contribution in [2.75, 3.05) is 0 Å². The van der Waals surface area contributed by atoms with E-state index < -0.39 is 23.8 Å². The van der Waals surface area contributed by atoms with Crippen LogP contribution in [-0.2, 0) is 17.5 Å². The topological polar surface area (TPSA) is 33.0 Å². The van der Waals surface area contributed by atoms with Gasteiger partial charge in [-0.05, 0) is 22.8 Å². The molecule has 0 saturated heterocycles. The predicted molar refractivity (Wildman–Crippen MR) is 73.9 cm³/mol. The van der Waals surface area contributed by atoms with Gasteiger partial charge in [0.25, 0.3) is 0 Å². The van der Waals surface area contributed by atoms with Gasteiger partial charge in [0.1, 0.15) is 0 Å². The lowest BCUT2D eigenvalue weighted by Crippen LogP contribution is -2.27. The monoisotopic (exact) mass is 303 g/mol. The lowest BCUT2D eigenvalue weighted by molar-refractivity contribution is -0.137. The highest BCUT2D eigenvalue weighted by molar-refractivity contribution is 5.43. The van der Waals surface area contributed by atoms with Crippen molar-refractivity contribution in [3.05, 3.63) is 70.8 Å². The molecule has 112 valence electrons. The molecule has 0 fully saturated rings. The molecule has 2 unspecified atom stereocenters. The van der Waals surface area contributed by atoms with Crippen LogP contribution >= 0.6 is 0 Å². The van der Waals surface area contributed by atoms with Gasteiger partial charge in [-0.15, -0.1) is 0 Å². The number of benzene rings is 2. The fourth-order valence-electron chi connectivity index (χ4n) is 2.78. The Balaban J connectivity index is 2.11. The van der Waals surface area contributed by atoms with Crippen LogP contribution in [-0.4, -0.2) is 6.10 Å². The number of nitriles is 1. The van der Waals surface area contributed by atoms with Crippen molar-refractivity contribution in [1.29, 1.82) is 5.26 Å². The van der Waals surface area contributed by atoms with Gasteiger partial charge in [-0.2, -0.15) is 18.4 Å². The van der Waals surface area contributed by atoms with Gasteiger partial charge in [-0.1, -0.05) is 42.5 Å². The zero-order chi connectivity index (χ0) is 15.7. The van der Waals surface area contributed by atoms with Crippen LogP contribution in [0.4, 0.5) is 13.2 Å². The van der Waals surface area contributed by atoms with Gasteiger partial charge in [0, 0.05) is 5.92 Å². The third-order valence-electron chi connectivity index (χ3n) is 3.81. The molecule has 2 aromatic rings. The quantitative estimate of drug-likeness (QED) is 0.788. The summed E-state index contributed by atoms with van der Waals surface area (Å²) in [6, 6.07) is 14.5. The minimum absolute atomic E-state index is 0.295. The minimum Gasteiger partial charge on any atom is -0.358 e. The maximum atomic E-state index is 12.9. The molecule has 1 heterocycles. The van der Waals surface area contributed by atoms with E-state index in [1.54, 1.807) is 6.07 Å². The van der Waals surface area contributed by atoms with Crippen LogP contribution < -0.4 is 0 Å². The van der Waals surface area contributed by atoms with Gasteiger partial charge in [-0.3, -0.25) is 0 Å². The number of rotatable bonds is 1. The maximum absolute atomic E-state index is 12.9. The lowest BCUT2D eigenvalue weighted by atomic mass is 9.82. The number of ether oxygens (including phenoxy) is 1. The van der Waals surface area contributed by atoms with Crippen molar-refractivity contribution in [3.63, 3.8) is 0 Å². The van der Waals surface area contributed by atoms with Gasteiger partial charge < -0.3 is 4.74 Å². The summed E-state index contributed by atoms with van der Waals surface area (Å²) in [5.74, 6) is -0.516. The number of hydrogen-bond donors (Lipinski definition) is 0. The number of nitrogens with zero attached hydrogens (tertiary/aromatic N) is 1. The maximum Gasteiger partial charge on any atom is 0.416 e. The Morgan fingerprint density at radius 2 is 1.86 bits per heavy atom. The number of hydrogen-bond acceptors (Lipinski definition) is 2. The van der Waals surface area contributed by atoms with Crippen LogP contribution in [0.1, 0.15) is 28.2 Å². The predicted octanol–water partition coefficient (Wildman–Crippen LogP) is 4.26. The molecule has 2 nitrogen and oxygen atoms in total. The smallest absolute Gasteiger partial charge is 0.358 e. The van der Waals surface area contributed by atoms with Crippen LogP contribution in [0.25, 0.3) is 0 Å². The van der Waals surface area contributed by atoms with Crippen LogP contribution in [0.15, 0.2) is 48.5 Å². The fourth-order valence-corrected chi connectivity index (χ4v) is 2.78. The van der Waals surface area contributed by atoms with E-state index in [0.717, 1.165) is 23.3 Å². The molecule has 0 N–H and O–H groups in total. The third kappa shape index (κ3) is 2.58. The first-order valence-corrected chi connectivity index (χ1v) is 6.77. The highest BCUT2D eigenvalue weighted by atomic mass is 19.4. The summed E-state index contributed by atoms with van der Waals surface area (Å²) in [5, 5.41) is 9.28. The van der Waals surface area contributed by atoms with E-state index in [9.17, 15) is 18.4 Å². The van der Waals surface area contributed by atoms with Gasteiger partial charge >= 0.3 is 6.18 Å². The first-order valence-electron chi connectivity index (χ1n) is 6.77. The Morgan fingerprint density at radius 1 is 1.09 bits per heavy atom. The molecule has 0 spiro atoms. The average molecular weight is 303 g/mol. The van der Waals surface area contributed by atoms with Gasteiger partial charge in [0.05, 0.1) is 18.2 Å². The lowest BCUT2D eigenvalue weighted by Gasteiger charge is -2.30. The molecule has 5 heteroatoms. The van der Waals surface area contributed by atoms with E-state index in [4.69, 9.17) is 4.74 Å². The molecule has 0 amide bonds. The Bertz CT molecular complexity index is 733. The second-order valence-electron chi connectivity index (χ2n) is 5.16. The van der Waals surface area contributed by atoms with Crippen LogP contribution in [0.3, 0.4) is 0 Å². The van der Waals surface area contributed by atoms with Crippen LogP contribution in [0.2, 0.25) is 0 Å². The molecule has 0 aliphatic carbocycles. The van der Waals surface area contributed by atoms with Crippen molar-refractivity contribution in [2.45, 2.75) is 24.8 Å². The van der Waals surface area contributed by atoms with E-state index >= 15 is 0 Å². The minimum atomic E-state index is -4.41. The third-order valence-corrected chi connectivity index (χ3v) is 3.81. The SMILES string of the molecule is N#CC1OCc2ccccc2C1c1cccc(C(F)(F)F)c1. The Labute approximate surface area is 125 Å². The zero-order valence-corrected chi connectivity index (χ0v) is 11.5. The fraction of sp³-hybridized carbons (Fsp3) is 0.235. The average Bonchev–Trinajstić information content (AvgIpc) is 2.53. The van der Waals surface area contributed by atoms with E-state index in [-0.39, 0.29) is 0 Å². The number of alkyl halides is 3. The van der Waals surface area contributed by atoms with Gasteiger partial charge in [0.15, 0.2) is 6.10 Å². The highest BCUT2D eigenvalue weighted by Gasteiger charge is 2.35. The molecule has 22 heavy (non-hydrogen) atoms. The van der Waals surface area contributed by atoms with Crippen LogP contribution in [0.5, 0.6) is 0 Å². The van der Waals surface area contributed by atoms with Crippen molar-refractivity contribution >= 4 is 0 Å². The molecule has 0 bridgehead atoms. The number of fused-ring (bicyclic) bond motifs is 1. The Morgan fingerprint density at radius 3 is 2.59 bits per heavy atom. The standard InChI is InChI=1S/C17H12F3NO/c18-17(19,20)13-6-3-5-11(8-13)16-14-7-2-1-4-12(14)10-22-15(16)9-21/h1-8,15-16H,10H2. The summed E-state index contributed by atoms with van der Waals surface area (Å²) in [6.07, 6.45) is -5.20. The van der Waals surface area contributed by atoms with Crippen molar-refractivity contribution in [3.8, 4) is 6.07 Å². The normalized spacial score (nSPS) is 21.0. The molecule has 1 aliphatic rings. The van der Waals surface area contributed by atoms with E-state index in [0.29, 0.717) is 12.2 Å². The number of halogens is 3. The summed E-state index contributed by atoms with van der Waals surface area (Å²) in [7, 11) is 0. The Kier molecular flexibility index (Phi) is 3.63. The Hall–Kier alpha value is -2.32. The van der Waals surface area contributed by atoms with E-state index in [2.05, 4.69) is 0 Å². The second-order valence-corrected chi connectivity index (χ2v) is 5.16. The molecule has 0 saturated carbocycles. The summed E-state index contributed by atoms with van der Waals surface area (Å²) < 4.78 is 44.2. The highest BCUT2D eigenvalue weighted by Crippen LogP contribution is 2.38. The molecular weight excluding hydrogens is 291 g/mol. The summed E-state index contributed by atoms with van der Waals surface area (Å²) in [4.78, 5) is 0. The first kappa shape index (κ1) is 14.6. The second kappa shape index (κ2) is 5.47. The van der Waals surface area contributed by atoms with E-state index in [1.165, 1.54) is 6.07 Å². The molecular formula is C17H12F3NO. The van der Waals surface area contributed by atoms with Crippen molar-refractivity contribution < 1.29 is 17.9 Å². The van der Waals surface area contributed by atoms with Crippen LogP contribution in [0, 0.1) is 11.3 Å². The molecule has 3 rings (SSSR count). The molecule has 2 atom stereocenters. The molecule has 0 radical (unpaired) electrons. The van der Waals surface area contributed by atoms with Gasteiger partial charge in [0.2, 0.25) is 0 Å². The van der Waals surface area contributed by atoms with Crippen molar-refractivity contribution in [2.24, 2.45) is 0 Å². The largest absolute Gasteiger partial charge is 0.416 e. The van der Waals surface area contributed by atoms with E-state index in [1.807, 2.05) is 30.3 Å². The summed E-state index contributed by atoms with van der Waals surface area (Å²) in [6.45, 7) is 0.295. The van der Waals surface area contributed by atoms with Gasteiger partial charge in [-0.25, -0.2) is 0 Å². The molecule has 1 aliphatic heterocycles.